The summed E-state index contributed by atoms with van der Waals surface area (Å²) in [4.78, 5) is 29.9. The highest BCUT2D eigenvalue weighted by Gasteiger charge is 2.14. The van der Waals surface area contributed by atoms with Gasteiger partial charge in [-0.25, -0.2) is 9.78 Å². The van der Waals surface area contributed by atoms with Gasteiger partial charge in [0.15, 0.2) is 10.9 Å². The minimum absolute atomic E-state index is 0.0327. The van der Waals surface area contributed by atoms with Crippen molar-refractivity contribution in [1.29, 1.82) is 0 Å². The Labute approximate surface area is 172 Å². The highest BCUT2D eigenvalue weighted by Crippen LogP contribution is 2.23. The lowest BCUT2D eigenvalue weighted by molar-refractivity contribution is 0.0993. The van der Waals surface area contributed by atoms with Gasteiger partial charge in [0.25, 0.3) is 5.91 Å². The summed E-state index contributed by atoms with van der Waals surface area (Å²) < 4.78 is 5.17. The lowest BCUT2D eigenvalue weighted by atomic mass is 10.0. The van der Waals surface area contributed by atoms with Crippen molar-refractivity contribution < 1.29 is 9.21 Å². The van der Waals surface area contributed by atoms with Crippen molar-refractivity contribution in [2.75, 3.05) is 5.32 Å². The summed E-state index contributed by atoms with van der Waals surface area (Å²) >= 11 is 1.41. The van der Waals surface area contributed by atoms with Crippen LogP contribution in [0.4, 0.5) is 5.13 Å². The van der Waals surface area contributed by atoms with E-state index >= 15 is 0 Å². The number of hydrogen-bond acceptors (Lipinski definition) is 5. The minimum atomic E-state index is -0.530. The number of nitrogens with zero attached hydrogens (tertiary/aromatic N) is 1. The van der Waals surface area contributed by atoms with Gasteiger partial charge in [-0.3, -0.25) is 10.1 Å². The highest BCUT2D eigenvalue weighted by molar-refractivity contribution is 7.15. The van der Waals surface area contributed by atoms with Crippen molar-refractivity contribution >= 4 is 33.1 Å². The van der Waals surface area contributed by atoms with Crippen LogP contribution in [0.25, 0.3) is 10.8 Å². The molecule has 1 amide bonds. The lowest BCUT2D eigenvalue weighted by Gasteiger charge is -2.06. The van der Waals surface area contributed by atoms with Crippen LogP contribution in [0, 0.1) is 0 Å². The molecule has 0 saturated heterocycles. The summed E-state index contributed by atoms with van der Waals surface area (Å²) in [6, 6.07) is 17.1. The average molecular weight is 404 g/mol. The molecule has 0 bridgehead atoms. The van der Waals surface area contributed by atoms with Gasteiger partial charge in [-0.1, -0.05) is 56.3 Å². The van der Waals surface area contributed by atoms with Crippen LogP contribution < -0.4 is 10.9 Å². The van der Waals surface area contributed by atoms with Crippen molar-refractivity contribution in [2.24, 2.45) is 0 Å². The van der Waals surface area contributed by atoms with Crippen molar-refractivity contribution in [1.82, 2.24) is 4.98 Å². The molecule has 5 nitrogen and oxygen atoms in total. The second kappa shape index (κ2) is 8.01. The van der Waals surface area contributed by atoms with E-state index in [1.165, 1.54) is 22.5 Å². The molecule has 0 unspecified atom stereocenters. The van der Waals surface area contributed by atoms with Crippen LogP contribution in [-0.2, 0) is 6.42 Å². The van der Waals surface area contributed by atoms with E-state index < -0.39 is 11.5 Å². The second-order valence-corrected chi connectivity index (χ2v) is 8.26. The Balaban J connectivity index is 1.47. The van der Waals surface area contributed by atoms with Gasteiger partial charge in [-0.05, 0) is 34.6 Å². The summed E-state index contributed by atoms with van der Waals surface area (Å²) in [6.45, 7) is 4.34. The minimum Gasteiger partial charge on any atom is -0.417 e. The van der Waals surface area contributed by atoms with Gasteiger partial charge < -0.3 is 4.42 Å². The SMILES string of the molecule is CC(C)c1ccc(Cc2cnc(NC(=O)c3cc4ccccc4c(=O)o3)s2)cc1. The number of carbonyl (C=O) groups excluding carboxylic acids is 1. The van der Waals surface area contributed by atoms with Gasteiger partial charge in [0.1, 0.15) is 0 Å². The number of carbonyl (C=O) groups is 1. The molecule has 4 aromatic rings. The van der Waals surface area contributed by atoms with E-state index in [0.717, 1.165) is 11.3 Å². The first-order valence-electron chi connectivity index (χ1n) is 9.37. The molecule has 0 fully saturated rings. The Morgan fingerprint density at radius 2 is 1.90 bits per heavy atom. The molecular weight excluding hydrogens is 384 g/mol. The highest BCUT2D eigenvalue weighted by atomic mass is 32.1. The predicted molar refractivity (Wildman–Crippen MR) is 116 cm³/mol. The lowest BCUT2D eigenvalue weighted by Crippen LogP contribution is -2.14. The first-order chi connectivity index (χ1) is 14.0. The van der Waals surface area contributed by atoms with Gasteiger partial charge >= 0.3 is 5.63 Å². The molecule has 4 rings (SSSR count). The molecule has 146 valence electrons. The third kappa shape index (κ3) is 4.27. The Hall–Kier alpha value is -3.25. The largest absolute Gasteiger partial charge is 0.417 e. The van der Waals surface area contributed by atoms with E-state index in [0.29, 0.717) is 21.8 Å². The molecule has 0 saturated carbocycles. The fourth-order valence-electron chi connectivity index (χ4n) is 3.07. The van der Waals surface area contributed by atoms with Gasteiger partial charge in [-0.15, -0.1) is 11.3 Å². The topological polar surface area (TPSA) is 72.2 Å². The molecule has 0 aliphatic carbocycles. The van der Waals surface area contributed by atoms with Gasteiger partial charge in [-0.2, -0.15) is 0 Å². The Bertz CT molecular complexity index is 1220. The Morgan fingerprint density at radius 3 is 2.66 bits per heavy atom. The normalized spacial score (nSPS) is 11.1. The number of aromatic nitrogens is 1. The third-order valence-electron chi connectivity index (χ3n) is 4.69. The van der Waals surface area contributed by atoms with Crippen LogP contribution >= 0.6 is 11.3 Å². The third-order valence-corrected chi connectivity index (χ3v) is 5.61. The molecule has 2 heterocycles. The molecule has 0 aliphatic rings. The number of thiazole rings is 1. The quantitative estimate of drug-likeness (QED) is 0.495. The van der Waals surface area contributed by atoms with E-state index in [4.69, 9.17) is 4.42 Å². The molecule has 0 atom stereocenters. The smallest absolute Gasteiger partial charge is 0.344 e. The zero-order chi connectivity index (χ0) is 20.4. The van der Waals surface area contributed by atoms with Crippen molar-refractivity contribution in [3.63, 3.8) is 0 Å². The number of rotatable bonds is 5. The van der Waals surface area contributed by atoms with E-state index in [2.05, 4.69) is 48.4 Å². The molecule has 6 heteroatoms. The summed E-state index contributed by atoms with van der Waals surface area (Å²) in [5, 5.41) is 4.30. The zero-order valence-electron chi connectivity index (χ0n) is 16.1. The van der Waals surface area contributed by atoms with Crippen molar-refractivity contribution in [3.8, 4) is 0 Å². The molecule has 2 aromatic carbocycles. The van der Waals surface area contributed by atoms with E-state index in [1.54, 1.807) is 30.5 Å². The Kier molecular flexibility index (Phi) is 5.27. The standard InChI is InChI=1S/C23H20N2O3S/c1-14(2)16-9-7-15(8-10-16)11-18-13-24-23(29-18)25-21(26)20-12-17-5-3-4-6-19(17)22(27)28-20/h3-10,12-14H,11H2,1-2H3,(H,24,25,26). The van der Waals surface area contributed by atoms with E-state index in [9.17, 15) is 9.59 Å². The van der Waals surface area contributed by atoms with E-state index in [-0.39, 0.29) is 5.76 Å². The molecule has 0 radical (unpaired) electrons. The maximum absolute atomic E-state index is 12.5. The molecule has 1 N–H and O–H groups in total. The molecule has 0 spiro atoms. The van der Waals surface area contributed by atoms with Crippen LogP contribution in [0.15, 0.2) is 70.0 Å². The summed E-state index contributed by atoms with van der Waals surface area (Å²) in [7, 11) is 0. The number of nitrogens with one attached hydrogen (secondary N) is 1. The maximum Gasteiger partial charge on any atom is 0.344 e. The zero-order valence-corrected chi connectivity index (χ0v) is 17.0. The molecule has 2 aromatic heterocycles. The summed E-state index contributed by atoms with van der Waals surface area (Å²) in [5.41, 5.74) is 1.97. The molecule has 29 heavy (non-hydrogen) atoms. The van der Waals surface area contributed by atoms with Crippen LogP contribution in [-0.4, -0.2) is 10.9 Å². The number of anilines is 1. The second-order valence-electron chi connectivity index (χ2n) is 7.14. The van der Waals surface area contributed by atoms with Gasteiger partial charge in [0.2, 0.25) is 0 Å². The number of amides is 1. The Morgan fingerprint density at radius 1 is 1.14 bits per heavy atom. The van der Waals surface area contributed by atoms with Crippen LogP contribution in [0.2, 0.25) is 0 Å². The summed E-state index contributed by atoms with van der Waals surface area (Å²) in [5.74, 6) is -0.0193. The fraction of sp³-hybridized carbons (Fsp3) is 0.174. The van der Waals surface area contributed by atoms with Crippen LogP contribution in [0.5, 0.6) is 0 Å². The van der Waals surface area contributed by atoms with Crippen molar-refractivity contribution in [2.45, 2.75) is 26.2 Å². The predicted octanol–water partition coefficient (Wildman–Crippen LogP) is 5.22. The average Bonchev–Trinajstić information content (AvgIpc) is 3.15. The monoisotopic (exact) mass is 404 g/mol. The first kappa shape index (κ1) is 19.1. The number of hydrogen-bond donors (Lipinski definition) is 1. The van der Waals surface area contributed by atoms with E-state index in [1.807, 2.05) is 6.07 Å². The number of fused-ring (bicyclic) bond motifs is 1. The molecular formula is C23H20N2O3S. The first-order valence-corrected chi connectivity index (χ1v) is 10.2. The van der Waals surface area contributed by atoms with Crippen LogP contribution in [0.1, 0.15) is 46.3 Å². The fourth-order valence-corrected chi connectivity index (χ4v) is 3.92. The van der Waals surface area contributed by atoms with Gasteiger partial charge in [0, 0.05) is 17.5 Å². The maximum atomic E-state index is 12.5. The number of benzene rings is 2. The van der Waals surface area contributed by atoms with Gasteiger partial charge in [0.05, 0.1) is 5.39 Å². The molecule has 0 aliphatic heterocycles. The van der Waals surface area contributed by atoms with Crippen LogP contribution in [0.3, 0.4) is 0 Å². The summed E-state index contributed by atoms with van der Waals surface area (Å²) in [6.07, 6.45) is 2.50. The van der Waals surface area contributed by atoms with Crippen molar-refractivity contribution in [3.05, 3.63) is 93.0 Å².